The fourth-order valence-electron chi connectivity index (χ4n) is 7.20. The van der Waals surface area contributed by atoms with Crippen LogP contribution in [0.5, 0.6) is 11.8 Å². The maximum atomic E-state index is 17.0. The Hall–Kier alpha value is -4.28. The minimum Gasteiger partial charge on any atom is -0.508 e. The lowest BCUT2D eigenvalue weighted by atomic mass is 9.95. The largest absolute Gasteiger partial charge is 0.508 e. The summed E-state index contributed by atoms with van der Waals surface area (Å²) in [7, 11) is 0. The summed E-state index contributed by atoms with van der Waals surface area (Å²) in [6.07, 6.45) is 3.81. The van der Waals surface area contributed by atoms with E-state index in [1.807, 2.05) is 25.7 Å². The number of fused-ring (bicyclic) bond motifs is 2. The summed E-state index contributed by atoms with van der Waals surface area (Å²) >= 11 is 0. The number of benzene rings is 2. The predicted molar refractivity (Wildman–Crippen MR) is 188 cm³/mol. The van der Waals surface area contributed by atoms with E-state index < -0.39 is 23.7 Å². The molecule has 272 valence electrons. The number of aromatic nitrogens is 3. The minimum absolute atomic E-state index is 0.0164. The first-order chi connectivity index (χ1) is 24.5. The number of phenols is 1. The molecule has 8 nitrogen and oxygen atoms in total. The third-order valence-corrected chi connectivity index (χ3v) is 10.1. The average Bonchev–Trinajstić information content (AvgIpc) is 3.90. The molecule has 2 aromatic heterocycles. The molecule has 1 aliphatic carbocycles. The molecule has 2 aliphatic heterocycles. The number of terminal acetylenes is 1. The molecule has 1 saturated carbocycles. The van der Waals surface area contributed by atoms with Crippen molar-refractivity contribution >= 4 is 27.5 Å². The number of hydrogen-bond donors (Lipinski definition) is 2. The van der Waals surface area contributed by atoms with Gasteiger partial charge in [0.2, 0.25) is 0 Å². The third-order valence-electron chi connectivity index (χ3n) is 10.1. The summed E-state index contributed by atoms with van der Waals surface area (Å²) in [6, 6.07) is 5.41. The van der Waals surface area contributed by atoms with Crippen LogP contribution < -0.4 is 15.0 Å². The van der Waals surface area contributed by atoms with Crippen LogP contribution in [0.4, 0.5) is 27.8 Å². The number of ether oxygens (including phenoxy) is 1. The number of likely N-dealkylation sites (tertiary alicyclic amines) is 1. The van der Waals surface area contributed by atoms with Crippen molar-refractivity contribution in [2.24, 2.45) is 11.3 Å². The number of piperazine rings is 1. The van der Waals surface area contributed by atoms with Crippen LogP contribution in [-0.4, -0.2) is 83.6 Å². The summed E-state index contributed by atoms with van der Waals surface area (Å²) in [6.45, 7) is 10.1. The fourth-order valence-corrected chi connectivity index (χ4v) is 7.20. The van der Waals surface area contributed by atoms with E-state index in [2.05, 4.69) is 21.1 Å². The first-order valence-electron chi connectivity index (χ1n) is 17.7. The molecule has 4 aromatic rings. The third kappa shape index (κ3) is 7.39. The van der Waals surface area contributed by atoms with Crippen LogP contribution in [-0.2, 0) is 6.42 Å². The molecule has 2 N–H and O–H groups in total. The molecule has 3 aliphatic rings. The quantitative estimate of drug-likeness (QED) is 0.146. The van der Waals surface area contributed by atoms with Gasteiger partial charge in [0.05, 0.1) is 29.2 Å². The van der Waals surface area contributed by atoms with Crippen molar-refractivity contribution in [2.75, 3.05) is 57.3 Å². The molecule has 0 amide bonds. The smallest absolute Gasteiger partial charge is 0.391 e. The number of piperidine rings is 1. The van der Waals surface area contributed by atoms with Gasteiger partial charge in [-0.2, -0.15) is 23.1 Å². The van der Waals surface area contributed by atoms with Gasteiger partial charge in [-0.1, -0.05) is 32.8 Å². The second kappa shape index (κ2) is 14.8. The normalized spacial score (nSPS) is 18.0. The second-order valence-corrected chi connectivity index (χ2v) is 13.4. The maximum absolute atomic E-state index is 17.0. The van der Waals surface area contributed by atoms with Crippen LogP contribution in [0, 0.1) is 35.3 Å². The molecule has 0 spiro atoms. The van der Waals surface area contributed by atoms with Crippen LogP contribution in [0.15, 0.2) is 24.3 Å². The van der Waals surface area contributed by atoms with E-state index in [0.29, 0.717) is 74.5 Å². The lowest BCUT2D eigenvalue weighted by molar-refractivity contribution is -0.185. The standard InChI is InChI=1S/C36H37F5N6O2.C2H6/c1-3-24-26(37)6-5-21-17-23(48)18-25(28(21)24)31-30(38)32-29(27(4-2)43-31)33(47-15-11-42-12-16-47)45-34(44-32)49-20-35(9-10-35)19-46-13-7-22(8-14-46)36(39,40)41;1-2/h1,5-6,17-18,22,42,48H,4,7-16,19-20H2,2H3;1-2H3. The zero-order chi connectivity index (χ0) is 36.5. The van der Waals surface area contributed by atoms with Crippen molar-refractivity contribution < 1.29 is 31.8 Å². The highest BCUT2D eigenvalue weighted by Crippen LogP contribution is 2.48. The molecule has 4 heterocycles. The molecule has 51 heavy (non-hydrogen) atoms. The van der Waals surface area contributed by atoms with E-state index >= 15 is 4.39 Å². The number of halogens is 5. The predicted octanol–water partition coefficient (Wildman–Crippen LogP) is 7.24. The Labute approximate surface area is 294 Å². The Kier molecular flexibility index (Phi) is 10.6. The first kappa shape index (κ1) is 36.5. The molecule has 2 saturated heterocycles. The molecule has 3 fully saturated rings. The molecule has 7 rings (SSSR count). The molecule has 0 unspecified atom stereocenters. The SMILES string of the molecule is C#Cc1c(F)ccc2cc(O)cc(-c3nc(CC)c4c(N5CCNCC5)nc(OCC5(CN6CCC(C(F)(F)F)CC6)CC5)nc4c3F)c12.CC. The summed E-state index contributed by atoms with van der Waals surface area (Å²) in [5.41, 5.74) is 0.178. The summed E-state index contributed by atoms with van der Waals surface area (Å²) in [5, 5.41) is 15.0. The van der Waals surface area contributed by atoms with Crippen molar-refractivity contribution in [2.45, 2.75) is 59.1 Å². The van der Waals surface area contributed by atoms with Gasteiger partial charge in [-0.05, 0) is 68.8 Å². The van der Waals surface area contributed by atoms with Gasteiger partial charge < -0.3 is 25.0 Å². The number of rotatable bonds is 8. The monoisotopic (exact) mass is 710 g/mol. The molecule has 13 heteroatoms. The van der Waals surface area contributed by atoms with Crippen molar-refractivity contribution in [1.29, 1.82) is 0 Å². The van der Waals surface area contributed by atoms with Crippen molar-refractivity contribution in [3.05, 3.63) is 47.2 Å². The highest BCUT2D eigenvalue weighted by Gasteiger charge is 2.47. The lowest BCUT2D eigenvalue weighted by Gasteiger charge is -2.35. The number of aryl methyl sites for hydroxylation is 1. The van der Waals surface area contributed by atoms with Crippen molar-refractivity contribution in [1.82, 2.24) is 25.2 Å². The van der Waals surface area contributed by atoms with E-state index in [4.69, 9.17) is 21.1 Å². The molecule has 2 aromatic carbocycles. The number of phenolic OH excluding ortho intramolecular Hbond substituents is 1. The number of nitrogens with one attached hydrogen (secondary N) is 1. The van der Waals surface area contributed by atoms with Crippen LogP contribution >= 0.6 is 0 Å². The van der Waals surface area contributed by atoms with E-state index in [9.17, 15) is 22.7 Å². The van der Waals surface area contributed by atoms with Crippen LogP contribution in [0.1, 0.15) is 57.7 Å². The van der Waals surface area contributed by atoms with Crippen LogP contribution in [0.2, 0.25) is 0 Å². The van der Waals surface area contributed by atoms with Crippen molar-refractivity contribution in [3.63, 3.8) is 0 Å². The summed E-state index contributed by atoms with van der Waals surface area (Å²) in [4.78, 5) is 18.2. The molecule has 0 radical (unpaired) electrons. The Morgan fingerprint density at radius 2 is 1.73 bits per heavy atom. The molecular formula is C38H43F5N6O2. The lowest BCUT2D eigenvalue weighted by Crippen LogP contribution is -2.44. The van der Waals surface area contributed by atoms with Crippen LogP contribution in [0.3, 0.4) is 0 Å². The Bertz CT molecular complexity index is 1940. The van der Waals surface area contributed by atoms with Gasteiger partial charge in [-0.3, -0.25) is 0 Å². The van der Waals surface area contributed by atoms with E-state index in [0.717, 1.165) is 12.8 Å². The Balaban J connectivity index is 0.00000220. The molecule has 0 atom stereocenters. The molecule has 0 bridgehead atoms. The number of nitrogens with zero attached hydrogens (tertiary/aromatic N) is 5. The number of aromatic hydroxyl groups is 1. The highest BCUT2D eigenvalue weighted by molar-refractivity contribution is 6.03. The minimum atomic E-state index is -4.17. The van der Waals surface area contributed by atoms with Gasteiger partial charge in [-0.25, -0.2) is 13.8 Å². The topological polar surface area (TPSA) is 86.6 Å². The maximum Gasteiger partial charge on any atom is 0.391 e. The van der Waals surface area contributed by atoms with Gasteiger partial charge >= 0.3 is 12.2 Å². The highest BCUT2D eigenvalue weighted by atomic mass is 19.4. The summed E-state index contributed by atoms with van der Waals surface area (Å²) in [5.74, 6) is -0.00867. The number of hydrogen-bond acceptors (Lipinski definition) is 8. The van der Waals surface area contributed by atoms with Gasteiger partial charge in [0.25, 0.3) is 0 Å². The second-order valence-electron chi connectivity index (χ2n) is 13.4. The first-order valence-corrected chi connectivity index (χ1v) is 17.7. The zero-order valence-corrected chi connectivity index (χ0v) is 29.1. The number of pyridine rings is 1. The van der Waals surface area contributed by atoms with Gasteiger partial charge in [0.1, 0.15) is 28.6 Å². The zero-order valence-electron chi connectivity index (χ0n) is 29.1. The van der Waals surface area contributed by atoms with Gasteiger partial charge in [0, 0.05) is 49.1 Å². The summed E-state index contributed by atoms with van der Waals surface area (Å²) < 4.78 is 77.7. The number of alkyl halides is 3. The van der Waals surface area contributed by atoms with E-state index in [-0.39, 0.29) is 64.3 Å². The Morgan fingerprint density at radius 1 is 1.02 bits per heavy atom. The Morgan fingerprint density at radius 3 is 2.35 bits per heavy atom. The average molecular weight is 711 g/mol. The fraction of sp³-hybridized carbons (Fsp3) is 0.500. The van der Waals surface area contributed by atoms with Gasteiger partial charge in [0.15, 0.2) is 5.82 Å². The molecular weight excluding hydrogens is 667 g/mol. The van der Waals surface area contributed by atoms with E-state index in [1.165, 1.54) is 24.3 Å². The number of anilines is 1. The van der Waals surface area contributed by atoms with Crippen molar-refractivity contribution in [3.8, 4) is 35.4 Å². The van der Waals surface area contributed by atoms with Crippen LogP contribution in [0.25, 0.3) is 32.9 Å². The van der Waals surface area contributed by atoms with E-state index in [1.54, 1.807) is 0 Å². The van der Waals surface area contributed by atoms with Gasteiger partial charge in [-0.15, -0.1) is 6.42 Å².